The summed E-state index contributed by atoms with van der Waals surface area (Å²) in [6.07, 6.45) is 1.21. The highest BCUT2D eigenvalue weighted by atomic mass is 16.6. The van der Waals surface area contributed by atoms with E-state index in [2.05, 4.69) is 5.32 Å². The van der Waals surface area contributed by atoms with Gasteiger partial charge in [0.25, 0.3) is 0 Å². The highest BCUT2D eigenvalue weighted by Crippen LogP contribution is 2.00. The molecule has 0 aromatic rings. The van der Waals surface area contributed by atoms with Crippen LogP contribution in [-0.2, 0) is 23.7 Å². The van der Waals surface area contributed by atoms with Crippen molar-refractivity contribution in [2.45, 2.75) is 18.9 Å². The molecule has 0 spiro atoms. The molecule has 0 saturated carbocycles. The number of carbonyl (C=O) groups excluding carboxylic acids is 1. The molecule has 6 nitrogen and oxygen atoms in total. The van der Waals surface area contributed by atoms with E-state index in [4.69, 9.17) is 18.9 Å². The van der Waals surface area contributed by atoms with E-state index in [1.807, 2.05) is 0 Å². The summed E-state index contributed by atoms with van der Waals surface area (Å²) in [6.45, 7) is 4.13. The van der Waals surface area contributed by atoms with Crippen LogP contribution in [0.5, 0.6) is 0 Å². The van der Waals surface area contributed by atoms with Gasteiger partial charge in [0.2, 0.25) is 0 Å². The lowest BCUT2D eigenvalue weighted by Crippen LogP contribution is -2.42. The first kappa shape index (κ1) is 15.4. The van der Waals surface area contributed by atoms with E-state index in [0.29, 0.717) is 46.1 Å². The molecule has 1 fully saturated rings. The van der Waals surface area contributed by atoms with Gasteiger partial charge in [0.15, 0.2) is 0 Å². The van der Waals surface area contributed by atoms with Gasteiger partial charge in [-0.3, -0.25) is 4.79 Å². The van der Waals surface area contributed by atoms with Gasteiger partial charge in [0.05, 0.1) is 26.2 Å². The van der Waals surface area contributed by atoms with Crippen molar-refractivity contribution in [2.24, 2.45) is 0 Å². The number of methoxy groups -OCH3 is 1. The number of ether oxygens (including phenoxy) is 4. The Hall–Kier alpha value is -0.690. The summed E-state index contributed by atoms with van der Waals surface area (Å²) in [4.78, 5) is 11.5. The van der Waals surface area contributed by atoms with Gasteiger partial charge in [-0.15, -0.1) is 0 Å². The van der Waals surface area contributed by atoms with Crippen LogP contribution in [-0.4, -0.2) is 65.3 Å². The molecule has 1 atom stereocenters. The van der Waals surface area contributed by atoms with Crippen LogP contribution < -0.4 is 5.32 Å². The first-order valence-corrected chi connectivity index (χ1v) is 6.36. The van der Waals surface area contributed by atoms with E-state index < -0.39 is 0 Å². The highest BCUT2D eigenvalue weighted by Gasteiger charge is 2.17. The molecule has 1 N–H and O–H groups in total. The van der Waals surface area contributed by atoms with Crippen LogP contribution in [0.2, 0.25) is 0 Å². The van der Waals surface area contributed by atoms with Crippen molar-refractivity contribution in [3.05, 3.63) is 0 Å². The molecule has 1 unspecified atom stereocenters. The first-order chi connectivity index (χ1) is 8.83. The summed E-state index contributed by atoms with van der Waals surface area (Å²) in [5, 5.41) is 3.20. The molecular formula is C12H23NO5. The van der Waals surface area contributed by atoms with Crippen molar-refractivity contribution >= 4 is 5.97 Å². The van der Waals surface area contributed by atoms with Crippen molar-refractivity contribution in [3.63, 3.8) is 0 Å². The molecule has 106 valence electrons. The fourth-order valence-electron chi connectivity index (χ4n) is 1.63. The average molecular weight is 261 g/mol. The van der Waals surface area contributed by atoms with Gasteiger partial charge in [-0.1, -0.05) is 0 Å². The highest BCUT2D eigenvalue weighted by molar-refractivity contribution is 5.70. The molecule has 1 rings (SSSR count). The maximum Gasteiger partial charge on any atom is 0.307 e. The number of carbonyl (C=O) groups is 1. The maximum atomic E-state index is 11.5. The third kappa shape index (κ3) is 7.60. The van der Waals surface area contributed by atoms with Crippen LogP contribution in [0.3, 0.4) is 0 Å². The first-order valence-electron chi connectivity index (χ1n) is 6.36. The Morgan fingerprint density at radius 2 is 2.22 bits per heavy atom. The summed E-state index contributed by atoms with van der Waals surface area (Å²) in [7, 11) is 1.66. The van der Waals surface area contributed by atoms with Gasteiger partial charge in [-0.2, -0.15) is 0 Å². The fraction of sp³-hybridized carbons (Fsp3) is 0.917. The van der Waals surface area contributed by atoms with Gasteiger partial charge in [0.1, 0.15) is 6.61 Å². The van der Waals surface area contributed by atoms with Gasteiger partial charge >= 0.3 is 5.97 Å². The summed E-state index contributed by atoms with van der Waals surface area (Å²) >= 11 is 0. The largest absolute Gasteiger partial charge is 0.463 e. The lowest BCUT2D eigenvalue weighted by atomic mass is 10.2. The predicted octanol–water partition coefficient (Wildman–Crippen LogP) is -0.0388. The Labute approximate surface area is 108 Å². The van der Waals surface area contributed by atoms with Crippen LogP contribution in [0.15, 0.2) is 0 Å². The van der Waals surface area contributed by atoms with Gasteiger partial charge in [-0.05, 0) is 6.42 Å². The van der Waals surface area contributed by atoms with Crippen LogP contribution in [0, 0.1) is 0 Å². The molecule has 0 aliphatic carbocycles. The van der Waals surface area contributed by atoms with E-state index in [9.17, 15) is 4.79 Å². The third-order valence-electron chi connectivity index (χ3n) is 2.54. The zero-order chi connectivity index (χ0) is 13.1. The predicted molar refractivity (Wildman–Crippen MR) is 65.5 cm³/mol. The van der Waals surface area contributed by atoms with Crippen LogP contribution in [0.1, 0.15) is 12.8 Å². The number of esters is 1. The van der Waals surface area contributed by atoms with Crippen molar-refractivity contribution in [3.8, 4) is 0 Å². The quantitative estimate of drug-likeness (QED) is 0.464. The molecule has 0 aromatic carbocycles. The molecule has 6 heteroatoms. The van der Waals surface area contributed by atoms with Crippen molar-refractivity contribution in [1.82, 2.24) is 5.32 Å². The second-order valence-corrected chi connectivity index (χ2v) is 4.11. The number of rotatable bonds is 9. The van der Waals surface area contributed by atoms with E-state index in [1.165, 1.54) is 0 Å². The van der Waals surface area contributed by atoms with Crippen LogP contribution in [0.4, 0.5) is 0 Å². The summed E-state index contributed by atoms with van der Waals surface area (Å²) in [5.74, 6) is -0.210. The lowest BCUT2D eigenvalue weighted by Gasteiger charge is -2.22. The summed E-state index contributed by atoms with van der Waals surface area (Å²) < 4.78 is 20.5. The van der Waals surface area contributed by atoms with Crippen molar-refractivity contribution < 1.29 is 23.7 Å². The number of hydrogen-bond acceptors (Lipinski definition) is 6. The number of hydrogen-bond donors (Lipinski definition) is 1. The van der Waals surface area contributed by atoms with Gasteiger partial charge < -0.3 is 24.3 Å². The van der Waals surface area contributed by atoms with E-state index >= 15 is 0 Å². The molecule has 1 aliphatic heterocycles. The molecule has 0 radical (unpaired) electrons. The van der Waals surface area contributed by atoms with Crippen LogP contribution in [0.25, 0.3) is 0 Å². The van der Waals surface area contributed by atoms with E-state index in [1.54, 1.807) is 7.11 Å². The lowest BCUT2D eigenvalue weighted by molar-refractivity contribution is -0.146. The van der Waals surface area contributed by atoms with Crippen molar-refractivity contribution in [1.29, 1.82) is 0 Å². The fourth-order valence-corrected chi connectivity index (χ4v) is 1.63. The van der Waals surface area contributed by atoms with E-state index in [0.717, 1.165) is 13.0 Å². The Morgan fingerprint density at radius 3 is 2.94 bits per heavy atom. The molecule has 1 saturated heterocycles. The zero-order valence-electron chi connectivity index (χ0n) is 11.0. The minimum absolute atomic E-state index is 0.0777. The molecule has 1 aliphatic rings. The second kappa shape index (κ2) is 10.3. The number of morpholine rings is 1. The minimum atomic E-state index is -0.210. The SMILES string of the molecule is COCCCOCCOC(=O)CC1COCCN1. The Balaban J connectivity index is 1.90. The van der Waals surface area contributed by atoms with Crippen molar-refractivity contribution in [2.75, 3.05) is 53.3 Å². The molecule has 1 heterocycles. The normalized spacial score (nSPS) is 19.7. The second-order valence-electron chi connectivity index (χ2n) is 4.11. The number of nitrogens with one attached hydrogen (secondary N) is 1. The standard InChI is InChI=1S/C12H23NO5/c1-15-4-2-5-16-7-8-18-12(14)9-11-10-17-6-3-13-11/h11,13H,2-10H2,1H3. The Morgan fingerprint density at radius 1 is 1.33 bits per heavy atom. The molecule has 18 heavy (non-hydrogen) atoms. The molecule has 0 amide bonds. The van der Waals surface area contributed by atoms with Gasteiger partial charge in [0, 0.05) is 32.9 Å². The minimum Gasteiger partial charge on any atom is -0.463 e. The van der Waals surface area contributed by atoms with E-state index in [-0.39, 0.29) is 12.0 Å². The maximum absolute atomic E-state index is 11.5. The summed E-state index contributed by atoms with van der Waals surface area (Å²) in [5.41, 5.74) is 0. The topological polar surface area (TPSA) is 66.0 Å². The average Bonchev–Trinajstić information content (AvgIpc) is 2.39. The molecule has 0 aromatic heterocycles. The zero-order valence-corrected chi connectivity index (χ0v) is 11.0. The Bertz CT molecular complexity index is 219. The third-order valence-corrected chi connectivity index (χ3v) is 2.54. The van der Waals surface area contributed by atoms with Crippen LogP contribution >= 0.6 is 0 Å². The van der Waals surface area contributed by atoms with Gasteiger partial charge in [-0.25, -0.2) is 0 Å². The smallest absolute Gasteiger partial charge is 0.307 e. The monoisotopic (exact) mass is 261 g/mol. The summed E-state index contributed by atoms with van der Waals surface area (Å²) in [6, 6.07) is 0.0777. The molecular weight excluding hydrogens is 238 g/mol. The molecule has 0 bridgehead atoms. The Kier molecular flexibility index (Phi) is 8.75.